The molecule has 0 radical (unpaired) electrons. The molecule has 4 rings (SSSR count). The van der Waals surface area contributed by atoms with Crippen LogP contribution >= 0.6 is 0 Å². The van der Waals surface area contributed by atoms with Crippen molar-refractivity contribution in [3.8, 4) is 0 Å². The molecule has 1 fully saturated rings. The molecule has 1 aliphatic heterocycles. The van der Waals surface area contributed by atoms with Crippen LogP contribution in [0.4, 0.5) is 5.69 Å². The maximum absolute atomic E-state index is 12.5. The maximum Gasteiger partial charge on any atom is 0.271 e. The van der Waals surface area contributed by atoms with Crippen LogP contribution in [0.1, 0.15) is 32.4 Å². The van der Waals surface area contributed by atoms with Crippen molar-refractivity contribution in [3.05, 3.63) is 100 Å². The summed E-state index contributed by atoms with van der Waals surface area (Å²) in [6.45, 7) is 0. The molecule has 3 aromatic rings. The van der Waals surface area contributed by atoms with Gasteiger partial charge in [-0.3, -0.25) is 35.1 Å². The Labute approximate surface area is 197 Å². The summed E-state index contributed by atoms with van der Waals surface area (Å²) in [6.07, 6.45) is 4.75. The number of amides is 2. The van der Waals surface area contributed by atoms with Gasteiger partial charge in [-0.2, -0.15) is 10.2 Å². The Morgan fingerprint density at radius 3 is 1.91 bits per heavy atom. The highest BCUT2D eigenvalue weighted by Gasteiger charge is 2.38. The molecular weight excluding hydrogens is 456 g/mol. The normalized spacial score (nSPS) is 17.1. The molecule has 2 amide bonds. The number of pyridine rings is 2. The quantitative estimate of drug-likeness (QED) is 0.362. The van der Waals surface area contributed by atoms with E-state index in [9.17, 15) is 19.7 Å². The average molecular weight is 472 g/mol. The molecule has 1 aliphatic rings. The van der Waals surface area contributed by atoms with Gasteiger partial charge in [-0.15, -0.1) is 0 Å². The topological polar surface area (TPSA) is 185 Å². The second-order valence-corrected chi connectivity index (χ2v) is 6.99. The molecule has 35 heavy (non-hydrogen) atoms. The molecule has 1 atom stereocenters. The van der Waals surface area contributed by atoms with E-state index in [1.165, 1.54) is 73.3 Å². The lowest BCUT2D eigenvalue weighted by atomic mass is 10.0. The van der Waals surface area contributed by atoms with Gasteiger partial charge in [-0.05, 0) is 42.0 Å². The monoisotopic (exact) mass is 472 g/mol. The fourth-order valence-corrected chi connectivity index (χ4v) is 3.04. The molecule has 0 bridgehead atoms. The van der Waals surface area contributed by atoms with Crippen LogP contribution in [0.25, 0.3) is 0 Å². The Hall–Kier alpha value is -5.33. The Morgan fingerprint density at radius 1 is 0.886 bits per heavy atom. The molecule has 0 saturated carbocycles. The second-order valence-electron chi connectivity index (χ2n) is 6.99. The molecule has 3 heterocycles. The first-order valence-corrected chi connectivity index (χ1v) is 10.0. The van der Waals surface area contributed by atoms with Gasteiger partial charge >= 0.3 is 0 Å². The molecule has 1 aromatic carbocycles. The largest absolute Gasteiger partial charge is 0.461 e. The van der Waals surface area contributed by atoms with Gasteiger partial charge in [0.1, 0.15) is 5.71 Å². The predicted molar refractivity (Wildman–Crippen MR) is 123 cm³/mol. The molecule has 0 spiro atoms. The lowest BCUT2D eigenvalue weighted by Gasteiger charge is -2.10. The third-order valence-electron chi connectivity index (χ3n) is 4.78. The lowest BCUT2D eigenvalue weighted by molar-refractivity contribution is -0.384. The fraction of sp³-hybridized carbons (Fsp3) is 0.0455. The summed E-state index contributed by atoms with van der Waals surface area (Å²) in [7, 11) is 0. The second kappa shape index (κ2) is 10.1. The highest BCUT2D eigenvalue weighted by molar-refractivity contribution is 6.69. The number of hydrogen-bond acceptors (Lipinski definition) is 10. The molecule has 13 heteroatoms. The van der Waals surface area contributed by atoms with Crippen LogP contribution in [-0.2, 0) is 4.74 Å². The van der Waals surface area contributed by atoms with Crippen LogP contribution in [0.15, 0.2) is 83.5 Å². The predicted octanol–water partition coefficient (Wildman–Crippen LogP) is 2.01. The van der Waals surface area contributed by atoms with Crippen molar-refractivity contribution in [3.63, 3.8) is 0 Å². The zero-order chi connectivity index (χ0) is 24.8. The van der Waals surface area contributed by atoms with Gasteiger partial charge in [-0.1, -0.05) is 0 Å². The summed E-state index contributed by atoms with van der Waals surface area (Å²) in [6, 6.07) is 11.4. The summed E-state index contributed by atoms with van der Waals surface area (Å²) in [5.41, 5.74) is 5.44. The number of nitrogens with zero attached hydrogens (tertiary/aromatic N) is 5. The first kappa shape index (κ1) is 22.8. The lowest BCUT2D eigenvalue weighted by Crippen LogP contribution is -2.28. The van der Waals surface area contributed by atoms with Gasteiger partial charge in [0.05, 0.1) is 4.92 Å². The van der Waals surface area contributed by atoms with Crippen molar-refractivity contribution in [2.45, 2.75) is 6.10 Å². The number of carbonyl (C=O) groups is 2. The average Bonchev–Trinajstić information content (AvgIpc) is 3.21. The van der Waals surface area contributed by atoms with E-state index in [1.54, 1.807) is 0 Å². The fourth-order valence-electron chi connectivity index (χ4n) is 3.04. The Bertz CT molecular complexity index is 1340. The number of hydrogen-bond donors (Lipinski definition) is 3. The number of nitro benzene ring substituents is 1. The highest BCUT2D eigenvalue weighted by Crippen LogP contribution is 2.28. The van der Waals surface area contributed by atoms with E-state index < -0.39 is 28.7 Å². The number of rotatable bonds is 6. The van der Waals surface area contributed by atoms with Gasteiger partial charge in [-0.25, -0.2) is 10.9 Å². The van der Waals surface area contributed by atoms with Crippen molar-refractivity contribution in [1.82, 2.24) is 20.8 Å². The minimum absolute atomic E-state index is 0.0151. The van der Waals surface area contributed by atoms with Crippen molar-refractivity contribution < 1.29 is 19.2 Å². The van der Waals surface area contributed by atoms with Crippen molar-refractivity contribution in [1.29, 1.82) is 5.41 Å². The van der Waals surface area contributed by atoms with Gasteiger partial charge < -0.3 is 4.74 Å². The standard InChI is InChI=1S/C22H16N8O5/c23-20-18(27-29-22(32)15-7-11-25-12-8-15)17(26-28-21(31)14-5-9-24-10-6-14)19(35-20)13-1-3-16(4-2-13)30(33)34/h1-12,19,23H,(H,28,31)(H,29,32)/b23-20?,26-17+,27-18+/t19-/m1/s1. The molecular formula is C22H16N8O5. The van der Waals surface area contributed by atoms with Gasteiger partial charge in [0.25, 0.3) is 17.5 Å². The van der Waals surface area contributed by atoms with Crippen LogP contribution < -0.4 is 10.9 Å². The molecule has 0 aliphatic carbocycles. The third kappa shape index (κ3) is 5.19. The zero-order valence-corrected chi connectivity index (χ0v) is 17.8. The summed E-state index contributed by atoms with van der Waals surface area (Å²) in [4.78, 5) is 43.0. The molecule has 1 saturated heterocycles. The number of benzene rings is 1. The third-order valence-corrected chi connectivity index (χ3v) is 4.78. The molecule has 2 aromatic heterocycles. The van der Waals surface area contributed by atoms with Crippen LogP contribution in [0.2, 0.25) is 0 Å². The number of nitro groups is 1. The van der Waals surface area contributed by atoms with E-state index in [2.05, 4.69) is 31.0 Å². The van der Waals surface area contributed by atoms with Gasteiger partial charge in [0.2, 0.25) is 5.90 Å². The number of ether oxygens (including phenoxy) is 1. The molecule has 3 N–H and O–H groups in total. The van der Waals surface area contributed by atoms with Crippen LogP contribution in [0.5, 0.6) is 0 Å². The van der Waals surface area contributed by atoms with E-state index in [-0.39, 0.29) is 28.2 Å². The molecule has 13 nitrogen and oxygen atoms in total. The summed E-state index contributed by atoms with van der Waals surface area (Å²) in [5, 5.41) is 27.3. The van der Waals surface area contributed by atoms with E-state index in [1.807, 2.05) is 0 Å². The number of nitrogens with one attached hydrogen (secondary N) is 3. The highest BCUT2D eigenvalue weighted by atomic mass is 16.6. The van der Waals surface area contributed by atoms with E-state index in [0.717, 1.165) is 0 Å². The number of non-ortho nitro benzene ring substituents is 1. The van der Waals surface area contributed by atoms with E-state index in [0.29, 0.717) is 5.56 Å². The first-order chi connectivity index (χ1) is 16.9. The van der Waals surface area contributed by atoms with Crippen molar-refractivity contribution >= 4 is 34.8 Å². The smallest absolute Gasteiger partial charge is 0.271 e. The minimum Gasteiger partial charge on any atom is -0.461 e. The Morgan fingerprint density at radius 2 is 1.40 bits per heavy atom. The first-order valence-electron chi connectivity index (χ1n) is 10.0. The zero-order valence-electron chi connectivity index (χ0n) is 17.8. The summed E-state index contributed by atoms with van der Waals surface area (Å²) >= 11 is 0. The minimum atomic E-state index is -1.02. The van der Waals surface area contributed by atoms with E-state index in [4.69, 9.17) is 10.1 Å². The Balaban J connectivity index is 1.65. The van der Waals surface area contributed by atoms with Crippen LogP contribution in [0.3, 0.4) is 0 Å². The number of carbonyl (C=O) groups excluding carboxylic acids is 2. The summed E-state index contributed by atoms with van der Waals surface area (Å²) in [5.74, 6) is -1.53. The van der Waals surface area contributed by atoms with Gasteiger partial charge in [0, 0.05) is 48.0 Å². The van der Waals surface area contributed by atoms with Gasteiger partial charge in [0.15, 0.2) is 11.8 Å². The summed E-state index contributed by atoms with van der Waals surface area (Å²) < 4.78 is 5.58. The van der Waals surface area contributed by atoms with Crippen LogP contribution in [0, 0.1) is 15.5 Å². The number of aromatic nitrogens is 2. The Kier molecular flexibility index (Phi) is 6.58. The maximum atomic E-state index is 12.5. The van der Waals surface area contributed by atoms with Crippen molar-refractivity contribution in [2.75, 3.05) is 0 Å². The number of hydrazone groups is 2. The molecule has 174 valence electrons. The van der Waals surface area contributed by atoms with Crippen LogP contribution in [-0.4, -0.2) is 44.0 Å². The SMILES string of the molecule is N=C1O[C@H](c2ccc([N+](=O)[O-])cc2)C(=N/NC(=O)c2ccncc2)/C1=N\NC(=O)c1ccncc1. The van der Waals surface area contributed by atoms with E-state index >= 15 is 0 Å². The van der Waals surface area contributed by atoms with Crippen molar-refractivity contribution in [2.24, 2.45) is 10.2 Å². The molecule has 0 unspecified atom stereocenters.